The predicted molar refractivity (Wildman–Crippen MR) is 275 cm³/mol. The smallest absolute Gasteiger partial charge is 0.462 e. The van der Waals surface area contributed by atoms with Gasteiger partial charge in [0.1, 0.15) is 19.8 Å². The van der Waals surface area contributed by atoms with Gasteiger partial charge in [0.15, 0.2) is 6.10 Å². The van der Waals surface area contributed by atoms with Gasteiger partial charge in [0, 0.05) is 12.8 Å². The molecule has 0 aliphatic rings. The Morgan fingerprint density at radius 1 is 0.492 bits per heavy atom. The van der Waals surface area contributed by atoms with Crippen LogP contribution < -0.4 is 0 Å². The second kappa shape index (κ2) is 46.8. The third-order valence-electron chi connectivity index (χ3n) is 11.3. The van der Waals surface area contributed by atoms with Crippen molar-refractivity contribution in [2.45, 2.75) is 232 Å². The van der Waals surface area contributed by atoms with Gasteiger partial charge in [0.2, 0.25) is 0 Å². The number of hydrogen-bond acceptors (Lipinski definition) is 7. The fourth-order valence-electron chi connectivity index (χ4n) is 7.22. The van der Waals surface area contributed by atoms with Crippen molar-refractivity contribution >= 4 is 19.8 Å². The fourth-order valence-corrected chi connectivity index (χ4v) is 7.96. The molecule has 1 N–H and O–H groups in total. The number of esters is 2. The van der Waals surface area contributed by atoms with Gasteiger partial charge in [-0.3, -0.25) is 18.6 Å². The minimum absolute atomic E-state index is 0.0320. The zero-order valence-corrected chi connectivity index (χ0v) is 43.6. The highest BCUT2D eigenvalue weighted by Gasteiger charge is 2.27. The Labute approximate surface area is 400 Å². The van der Waals surface area contributed by atoms with Crippen LogP contribution in [0.25, 0.3) is 0 Å². The maximum atomic E-state index is 12.7. The van der Waals surface area contributed by atoms with E-state index in [0.29, 0.717) is 23.9 Å². The first-order valence-electron chi connectivity index (χ1n) is 26.5. The van der Waals surface area contributed by atoms with Crippen LogP contribution in [0.2, 0.25) is 0 Å². The molecule has 0 aromatic carbocycles. The Hall–Kier alpha value is -2.29. The predicted octanol–water partition coefficient (Wildman–Crippen LogP) is 16.0. The highest BCUT2D eigenvalue weighted by atomic mass is 31.2. The molecule has 0 radical (unpaired) electrons. The molecule has 2 atom stereocenters. The van der Waals surface area contributed by atoms with Crippen molar-refractivity contribution in [2.75, 3.05) is 47.5 Å². The summed E-state index contributed by atoms with van der Waals surface area (Å²) in [4.78, 5) is 35.4. The first-order chi connectivity index (χ1) is 31.5. The van der Waals surface area contributed by atoms with Gasteiger partial charge in [-0.1, -0.05) is 216 Å². The Kier molecular flexibility index (Phi) is 45.2. The molecule has 0 spiro atoms. The number of ether oxygens (including phenoxy) is 2. The molecule has 0 amide bonds. The van der Waals surface area contributed by atoms with Crippen LogP contribution in [0.3, 0.4) is 0 Å². The van der Waals surface area contributed by atoms with Crippen LogP contribution >= 0.6 is 7.82 Å². The van der Waals surface area contributed by atoms with Gasteiger partial charge in [0.05, 0.1) is 27.7 Å². The summed E-state index contributed by atoms with van der Waals surface area (Å²) in [6, 6.07) is 0. The normalized spacial score (nSPS) is 13.9. The molecule has 0 saturated heterocycles. The van der Waals surface area contributed by atoms with E-state index in [1.165, 1.54) is 128 Å². The van der Waals surface area contributed by atoms with Crippen LogP contribution in [0.4, 0.5) is 0 Å². The number of quaternary nitrogens is 1. The van der Waals surface area contributed by atoms with Crippen molar-refractivity contribution in [3.8, 4) is 0 Å². The summed E-state index contributed by atoms with van der Waals surface area (Å²) in [5.74, 6) is -0.795. The number of nitrogens with zero attached hydrogens (tertiary/aromatic N) is 1. The maximum absolute atomic E-state index is 12.7. The Balaban J connectivity index is 4.04. The molecule has 0 aliphatic heterocycles. The molecule has 65 heavy (non-hydrogen) atoms. The first kappa shape index (κ1) is 62.7. The molecule has 0 aromatic heterocycles. The van der Waals surface area contributed by atoms with E-state index in [4.69, 9.17) is 18.5 Å². The molecular formula is C55H101NO8P+. The highest BCUT2D eigenvalue weighted by Crippen LogP contribution is 2.43. The van der Waals surface area contributed by atoms with Crippen molar-refractivity contribution in [3.63, 3.8) is 0 Å². The van der Waals surface area contributed by atoms with Crippen LogP contribution in [-0.2, 0) is 32.7 Å². The van der Waals surface area contributed by atoms with Crippen LogP contribution in [0.5, 0.6) is 0 Å². The number of carbonyl (C=O) groups excluding carboxylic acids is 2. The van der Waals surface area contributed by atoms with Crippen LogP contribution in [0.1, 0.15) is 226 Å². The Bertz CT molecular complexity index is 1290. The lowest BCUT2D eigenvalue weighted by molar-refractivity contribution is -0.870. The third-order valence-corrected chi connectivity index (χ3v) is 12.3. The number of rotatable bonds is 48. The number of carbonyl (C=O) groups is 2. The van der Waals surface area contributed by atoms with Crippen LogP contribution in [0.15, 0.2) is 60.8 Å². The molecule has 2 unspecified atom stereocenters. The monoisotopic (exact) mass is 935 g/mol. The highest BCUT2D eigenvalue weighted by molar-refractivity contribution is 7.47. The number of phosphoric acid groups is 1. The lowest BCUT2D eigenvalue weighted by Gasteiger charge is -2.24. The van der Waals surface area contributed by atoms with Gasteiger partial charge in [0.25, 0.3) is 0 Å². The summed E-state index contributed by atoms with van der Waals surface area (Å²) in [6.07, 6.45) is 58.7. The van der Waals surface area contributed by atoms with Crippen LogP contribution in [0, 0.1) is 0 Å². The third kappa shape index (κ3) is 51.0. The Morgan fingerprint density at radius 2 is 0.877 bits per heavy atom. The summed E-state index contributed by atoms with van der Waals surface area (Å²) in [7, 11) is 1.48. The standard InChI is InChI=1S/C55H100NO8P/c1-6-8-10-12-14-16-18-19-20-21-22-23-24-25-26-27-28-29-30-31-32-33-34-35-36-37-38-40-42-44-46-48-55(58)64-53(52-63-65(59,60)62-50-49-56(3,4)5)51-61-54(57)47-45-43-41-39-17-15-13-11-9-7-2/h8,10,14,16,19-20,22-23,25-26,53H,6-7,9,11-13,15,17-18,21,24,27-52H2,1-5H3/p+1/b10-8-,16-14-,20-19-,23-22-,26-25-. The second-order valence-electron chi connectivity index (χ2n) is 18.9. The van der Waals surface area contributed by atoms with Crippen molar-refractivity contribution in [3.05, 3.63) is 60.8 Å². The summed E-state index contributed by atoms with van der Waals surface area (Å²) >= 11 is 0. The summed E-state index contributed by atoms with van der Waals surface area (Å²) in [5, 5.41) is 0. The van der Waals surface area contributed by atoms with Gasteiger partial charge in [-0.25, -0.2) is 4.57 Å². The average molecular weight is 935 g/mol. The molecule has 0 aromatic rings. The van der Waals surface area contributed by atoms with Gasteiger partial charge in [-0.2, -0.15) is 0 Å². The van der Waals surface area contributed by atoms with Crippen molar-refractivity contribution in [1.82, 2.24) is 0 Å². The number of hydrogen-bond donors (Lipinski definition) is 1. The van der Waals surface area contributed by atoms with E-state index in [-0.39, 0.29) is 25.6 Å². The zero-order chi connectivity index (χ0) is 47.8. The lowest BCUT2D eigenvalue weighted by Crippen LogP contribution is -2.37. The fraction of sp³-hybridized carbons (Fsp3) is 0.782. The van der Waals surface area contributed by atoms with Gasteiger partial charge in [-0.15, -0.1) is 0 Å². The van der Waals surface area contributed by atoms with E-state index >= 15 is 0 Å². The van der Waals surface area contributed by atoms with E-state index in [9.17, 15) is 19.0 Å². The van der Waals surface area contributed by atoms with E-state index in [1.807, 2.05) is 21.1 Å². The van der Waals surface area contributed by atoms with Crippen molar-refractivity contribution in [2.24, 2.45) is 0 Å². The van der Waals surface area contributed by atoms with E-state index in [1.54, 1.807) is 0 Å². The first-order valence-corrected chi connectivity index (χ1v) is 28.0. The topological polar surface area (TPSA) is 108 Å². The molecule has 0 aliphatic carbocycles. The number of allylic oxidation sites excluding steroid dienone is 10. The second-order valence-corrected chi connectivity index (χ2v) is 20.3. The summed E-state index contributed by atoms with van der Waals surface area (Å²) in [5.41, 5.74) is 0. The average Bonchev–Trinajstić information content (AvgIpc) is 3.26. The largest absolute Gasteiger partial charge is 0.472 e. The molecule has 9 nitrogen and oxygen atoms in total. The van der Waals surface area contributed by atoms with E-state index in [2.05, 4.69) is 74.6 Å². The molecule has 10 heteroatoms. The quantitative estimate of drug-likeness (QED) is 0.0211. The SMILES string of the molecule is CC/C=C\C/C=C\C/C=C\C/C=C\C/C=C\CCCCCCCCCCCCCCCCCC(=O)OC(COC(=O)CCCCCCCCCCCC)COP(=O)(O)OCC[N+](C)(C)C. The van der Waals surface area contributed by atoms with Gasteiger partial charge in [-0.05, 0) is 57.8 Å². The van der Waals surface area contributed by atoms with E-state index in [0.717, 1.165) is 64.2 Å². The number of phosphoric ester groups is 1. The summed E-state index contributed by atoms with van der Waals surface area (Å²) < 4.78 is 34.4. The van der Waals surface area contributed by atoms with Gasteiger partial charge >= 0.3 is 19.8 Å². The molecule has 0 bridgehead atoms. The molecular weight excluding hydrogens is 834 g/mol. The minimum atomic E-state index is -4.38. The lowest BCUT2D eigenvalue weighted by atomic mass is 10.0. The van der Waals surface area contributed by atoms with Crippen LogP contribution in [-0.4, -0.2) is 74.9 Å². The van der Waals surface area contributed by atoms with Gasteiger partial charge < -0.3 is 18.9 Å². The maximum Gasteiger partial charge on any atom is 0.472 e. The number of likely N-dealkylation sites (N-methyl/N-ethyl adjacent to an activating group) is 1. The minimum Gasteiger partial charge on any atom is -0.462 e. The van der Waals surface area contributed by atoms with Crippen molar-refractivity contribution in [1.29, 1.82) is 0 Å². The number of unbranched alkanes of at least 4 members (excludes halogenated alkanes) is 24. The molecule has 0 saturated carbocycles. The molecule has 0 heterocycles. The van der Waals surface area contributed by atoms with Crippen molar-refractivity contribution < 1.29 is 42.1 Å². The molecule has 378 valence electrons. The molecule has 0 rings (SSSR count). The molecule has 0 fully saturated rings. The van der Waals surface area contributed by atoms with E-state index < -0.39 is 26.5 Å². The zero-order valence-electron chi connectivity index (χ0n) is 42.7. The Morgan fingerprint density at radius 3 is 1.31 bits per heavy atom. The summed E-state index contributed by atoms with van der Waals surface area (Å²) in [6.45, 7) is 4.31.